The lowest BCUT2D eigenvalue weighted by Gasteiger charge is -2.24. The molecule has 0 aromatic heterocycles. The summed E-state index contributed by atoms with van der Waals surface area (Å²) in [6.07, 6.45) is 7.68. The third-order valence-corrected chi connectivity index (χ3v) is 3.41. The molecule has 0 unspecified atom stereocenters. The molecule has 1 N–H and O–H groups in total. The Balaban J connectivity index is 2.01. The van der Waals surface area contributed by atoms with E-state index in [4.69, 9.17) is 0 Å². The molecule has 0 spiro atoms. The first kappa shape index (κ1) is 11.4. The van der Waals surface area contributed by atoms with Crippen LogP contribution in [0.25, 0.3) is 0 Å². The van der Waals surface area contributed by atoms with Crippen LogP contribution in [-0.4, -0.2) is 24.6 Å². The molecular formula is C11H23NS. The molecule has 1 nitrogen and oxygen atoms in total. The second-order valence-electron chi connectivity index (χ2n) is 4.89. The largest absolute Gasteiger partial charge is 0.314 e. The van der Waals surface area contributed by atoms with Crippen molar-refractivity contribution in [1.82, 2.24) is 5.32 Å². The smallest absolute Gasteiger partial charge is 0.00682 e. The Hall–Kier alpha value is 0.310. The van der Waals surface area contributed by atoms with Crippen LogP contribution in [0.5, 0.6) is 0 Å². The molecule has 0 amide bonds. The van der Waals surface area contributed by atoms with Gasteiger partial charge in [-0.15, -0.1) is 0 Å². The van der Waals surface area contributed by atoms with Crippen molar-refractivity contribution in [3.05, 3.63) is 0 Å². The van der Waals surface area contributed by atoms with Crippen molar-refractivity contribution in [2.75, 3.05) is 18.6 Å². The van der Waals surface area contributed by atoms with E-state index in [0.29, 0.717) is 5.41 Å². The molecule has 0 aliphatic heterocycles. The minimum atomic E-state index is 0.533. The van der Waals surface area contributed by atoms with E-state index in [2.05, 4.69) is 25.4 Å². The fraction of sp³-hybridized carbons (Fsp3) is 1.00. The lowest BCUT2D eigenvalue weighted by molar-refractivity contribution is 0.318. The monoisotopic (exact) mass is 201 g/mol. The van der Waals surface area contributed by atoms with Gasteiger partial charge in [-0.1, -0.05) is 13.8 Å². The molecule has 0 saturated heterocycles. The summed E-state index contributed by atoms with van der Waals surface area (Å²) in [4.78, 5) is 0. The third-order valence-electron chi connectivity index (χ3n) is 2.80. The minimum Gasteiger partial charge on any atom is -0.314 e. The normalized spacial score (nSPS) is 17.8. The van der Waals surface area contributed by atoms with Gasteiger partial charge in [-0.2, -0.15) is 11.8 Å². The van der Waals surface area contributed by atoms with E-state index in [9.17, 15) is 0 Å². The molecule has 1 rings (SSSR count). The summed E-state index contributed by atoms with van der Waals surface area (Å²) in [6, 6.07) is 0.872. The molecule has 1 aliphatic rings. The summed E-state index contributed by atoms with van der Waals surface area (Å²) in [6.45, 7) is 5.99. The van der Waals surface area contributed by atoms with E-state index in [-0.39, 0.29) is 0 Å². The van der Waals surface area contributed by atoms with Gasteiger partial charge in [0.15, 0.2) is 0 Å². The highest BCUT2D eigenvalue weighted by Crippen LogP contribution is 2.27. The number of nitrogens with one attached hydrogen (secondary N) is 1. The SMILES string of the molecule is CSCCC(C)(C)CCNC1CC1. The van der Waals surface area contributed by atoms with Crippen molar-refractivity contribution >= 4 is 11.8 Å². The molecule has 0 radical (unpaired) electrons. The highest BCUT2D eigenvalue weighted by molar-refractivity contribution is 7.98. The molecule has 1 fully saturated rings. The topological polar surface area (TPSA) is 12.0 Å². The summed E-state index contributed by atoms with van der Waals surface area (Å²) in [5, 5.41) is 3.58. The van der Waals surface area contributed by atoms with Crippen molar-refractivity contribution in [2.24, 2.45) is 5.41 Å². The van der Waals surface area contributed by atoms with Crippen LogP contribution in [0.4, 0.5) is 0 Å². The fourth-order valence-corrected chi connectivity index (χ4v) is 2.16. The van der Waals surface area contributed by atoms with Crippen molar-refractivity contribution < 1.29 is 0 Å². The molecular weight excluding hydrogens is 178 g/mol. The highest BCUT2D eigenvalue weighted by Gasteiger charge is 2.22. The van der Waals surface area contributed by atoms with E-state index in [1.165, 1.54) is 38.0 Å². The maximum Gasteiger partial charge on any atom is 0.00682 e. The van der Waals surface area contributed by atoms with E-state index >= 15 is 0 Å². The third kappa shape index (κ3) is 5.58. The Morgan fingerprint density at radius 2 is 2.00 bits per heavy atom. The van der Waals surface area contributed by atoms with Crippen LogP contribution < -0.4 is 5.32 Å². The van der Waals surface area contributed by atoms with Gasteiger partial charge in [0.1, 0.15) is 0 Å². The van der Waals surface area contributed by atoms with E-state index in [1.54, 1.807) is 0 Å². The van der Waals surface area contributed by atoms with Crippen molar-refractivity contribution in [2.45, 2.75) is 45.6 Å². The minimum absolute atomic E-state index is 0.533. The van der Waals surface area contributed by atoms with E-state index in [1.807, 2.05) is 11.8 Å². The molecule has 0 aromatic carbocycles. The average Bonchev–Trinajstić information content (AvgIpc) is 2.84. The van der Waals surface area contributed by atoms with Gasteiger partial charge >= 0.3 is 0 Å². The Morgan fingerprint density at radius 1 is 1.31 bits per heavy atom. The zero-order chi connectivity index (χ0) is 9.73. The molecule has 1 aliphatic carbocycles. The number of thioether (sulfide) groups is 1. The first-order valence-corrected chi connectivity index (χ1v) is 6.76. The first-order chi connectivity index (χ1) is 6.14. The molecule has 13 heavy (non-hydrogen) atoms. The number of hydrogen-bond acceptors (Lipinski definition) is 2. The molecule has 0 aromatic rings. The van der Waals surface area contributed by atoms with E-state index < -0.39 is 0 Å². The predicted molar refractivity (Wildman–Crippen MR) is 62.4 cm³/mol. The van der Waals surface area contributed by atoms with Crippen LogP contribution in [0.1, 0.15) is 39.5 Å². The summed E-state index contributed by atoms with van der Waals surface area (Å²) in [5.74, 6) is 1.30. The van der Waals surface area contributed by atoms with Crippen LogP contribution in [-0.2, 0) is 0 Å². The lowest BCUT2D eigenvalue weighted by atomic mass is 9.86. The number of rotatable bonds is 7. The summed E-state index contributed by atoms with van der Waals surface area (Å²) >= 11 is 1.96. The maximum absolute atomic E-state index is 3.58. The van der Waals surface area contributed by atoms with Crippen LogP contribution >= 0.6 is 11.8 Å². The van der Waals surface area contributed by atoms with Crippen molar-refractivity contribution in [3.8, 4) is 0 Å². The second-order valence-corrected chi connectivity index (χ2v) is 5.87. The van der Waals surface area contributed by atoms with Gasteiger partial charge in [0.2, 0.25) is 0 Å². The van der Waals surface area contributed by atoms with Crippen LogP contribution in [0.2, 0.25) is 0 Å². The zero-order valence-electron chi connectivity index (χ0n) is 9.23. The number of hydrogen-bond donors (Lipinski definition) is 1. The van der Waals surface area contributed by atoms with Crippen molar-refractivity contribution in [1.29, 1.82) is 0 Å². The molecule has 1 saturated carbocycles. The Bertz CT molecular complexity index is 141. The summed E-state index contributed by atoms with van der Waals surface area (Å²) < 4.78 is 0. The highest BCUT2D eigenvalue weighted by atomic mass is 32.2. The van der Waals surface area contributed by atoms with Gasteiger partial charge in [0.05, 0.1) is 0 Å². The van der Waals surface area contributed by atoms with Gasteiger partial charge in [-0.05, 0) is 49.7 Å². The summed E-state index contributed by atoms with van der Waals surface area (Å²) in [5.41, 5.74) is 0.533. The summed E-state index contributed by atoms with van der Waals surface area (Å²) in [7, 11) is 0. The maximum atomic E-state index is 3.58. The standard InChI is InChI=1S/C11H23NS/c1-11(2,7-9-13-3)6-8-12-10-4-5-10/h10,12H,4-9H2,1-3H3. The Morgan fingerprint density at radius 3 is 2.54 bits per heavy atom. The van der Waals surface area contributed by atoms with Gasteiger partial charge in [-0.3, -0.25) is 0 Å². The zero-order valence-corrected chi connectivity index (χ0v) is 10.0. The van der Waals surface area contributed by atoms with Crippen LogP contribution in [0.15, 0.2) is 0 Å². The first-order valence-electron chi connectivity index (χ1n) is 5.36. The van der Waals surface area contributed by atoms with Gasteiger partial charge < -0.3 is 5.32 Å². The van der Waals surface area contributed by atoms with Crippen molar-refractivity contribution in [3.63, 3.8) is 0 Å². The average molecular weight is 201 g/mol. The molecule has 0 atom stereocenters. The van der Waals surface area contributed by atoms with E-state index in [0.717, 1.165) is 6.04 Å². The lowest BCUT2D eigenvalue weighted by Crippen LogP contribution is -2.24. The molecule has 2 heteroatoms. The quantitative estimate of drug-likeness (QED) is 0.680. The molecule has 0 bridgehead atoms. The molecule has 78 valence electrons. The van der Waals surface area contributed by atoms with Crippen LogP contribution in [0, 0.1) is 5.41 Å². The predicted octanol–water partition coefficient (Wildman–Crippen LogP) is 2.91. The Labute approximate surface area is 87.1 Å². The molecule has 0 heterocycles. The second kappa shape index (κ2) is 5.26. The Kier molecular flexibility index (Phi) is 4.60. The van der Waals surface area contributed by atoms with Gasteiger partial charge in [-0.25, -0.2) is 0 Å². The van der Waals surface area contributed by atoms with Gasteiger partial charge in [0, 0.05) is 6.04 Å². The fourth-order valence-electron chi connectivity index (χ4n) is 1.41. The van der Waals surface area contributed by atoms with Crippen LogP contribution in [0.3, 0.4) is 0 Å². The van der Waals surface area contributed by atoms with Gasteiger partial charge in [0.25, 0.3) is 0 Å².